The molecule has 3 rings (SSSR count). The van der Waals surface area contributed by atoms with Crippen molar-refractivity contribution in [2.45, 2.75) is 46.6 Å². The Hall–Kier alpha value is -2.47. The lowest BCUT2D eigenvalue weighted by molar-refractivity contribution is -0.140. The maximum Gasteiger partial charge on any atom is 0.326 e. The predicted octanol–water partition coefficient (Wildman–Crippen LogP) is 4.34. The third-order valence-electron chi connectivity index (χ3n) is 4.75. The maximum absolute atomic E-state index is 13.2. The average molecular weight is 370 g/mol. The van der Waals surface area contributed by atoms with Crippen molar-refractivity contribution in [2.75, 3.05) is 0 Å². The molecule has 0 spiro atoms. The number of benzene rings is 1. The van der Waals surface area contributed by atoms with Gasteiger partial charge in [-0.1, -0.05) is 25.1 Å². The SMILES string of the molecule is CCCc1nc2scc(-c3ccc(C)c(C)c3)c2c(=O)n1C(C)C(=O)O. The van der Waals surface area contributed by atoms with Gasteiger partial charge in [0, 0.05) is 17.4 Å². The Kier molecular flexibility index (Phi) is 4.96. The molecule has 1 unspecified atom stereocenters. The zero-order valence-electron chi connectivity index (χ0n) is 15.4. The number of hydrogen-bond donors (Lipinski definition) is 1. The monoisotopic (exact) mass is 370 g/mol. The van der Waals surface area contributed by atoms with Crippen LogP contribution in [-0.2, 0) is 11.2 Å². The lowest BCUT2D eigenvalue weighted by Crippen LogP contribution is -2.31. The van der Waals surface area contributed by atoms with Crippen LogP contribution in [0.15, 0.2) is 28.4 Å². The Morgan fingerprint density at radius 1 is 1.31 bits per heavy atom. The summed E-state index contributed by atoms with van der Waals surface area (Å²) in [5, 5.41) is 11.9. The Bertz CT molecular complexity index is 1050. The highest BCUT2D eigenvalue weighted by Gasteiger charge is 2.23. The number of aryl methyl sites for hydroxylation is 3. The third kappa shape index (κ3) is 3.05. The van der Waals surface area contributed by atoms with Gasteiger partial charge in [-0.3, -0.25) is 9.36 Å². The first-order valence-corrected chi connectivity index (χ1v) is 9.56. The first kappa shape index (κ1) is 18.3. The summed E-state index contributed by atoms with van der Waals surface area (Å²) < 4.78 is 1.34. The number of rotatable bonds is 5. The van der Waals surface area contributed by atoms with Gasteiger partial charge in [-0.2, -0.15) is 0 Å². The van der Waals surface area contributed by atoms with Crippen LogP contribution in [-0.4, -0.2) is 20.6 Å². The van der Waals surface area contributed by atoms with Crippen LogP contribution in [0.5, 0.6) is 0 Å². The van der Waals surface area contributed by atoms with Gasteiger partial charge in [-0.15, -0.1) is 11.3 Å². The van der Waals surface area contributed by atoms with E-state index < -0.39 is 12.0 Å². The molecule has 1 N–H and O–H groups in total. The lowest BCUT2D eigenvalue weighted by atomic mass is 10.0. The molecule has 0 saturated heterocycles. The van der Waals surface area contributed by atoms with Gasteiger partial charge >= 0.3 is 5.97 Å². The number of carboxylic acids is 1. The predicted molar refractivity (Wildman–Crippen MR) is 105 cm³/mol. The second-order valence-electron chi connectivity index (χ2n) is 6.60. The molecule has 2 heterocycles. The van der Waals surface area contributed by atoms with E-state index in [2.05, 4.69) is 11.1 Å². The molecular weight excluding hydrogens is 348 g/mol. The number of thiophene rings is 1. The van der Waals surface area contributed by atoms with Crippen LogP contribution in [0.25, 0.3) is 21.3 Å². The number of carboxylic acid groups (broad SMARTS) is 1. The van der Waals surface area contributed by atoms with Gasteiger partial charge in [0.2, 0.25) is 0 Å². The smallest absolute Gasteiger partial charge is 0.326 e. The Balaban J connectivity index is 2.32. The van der Waals surface area contributed by atoms with Gasteiger partial charge in [-0.25, -0.2) is 9.78 Å². The molecule has 1 aromatic carbocycles. The van der Waals surface area contributed by atoms with E-state index in [4.69, 9.17) is 0 Å². The number of nitrogens with zero attached hydrogens (tertiary/aromatic N) is 2. The fourth-order valence-electron chi connectivity index (χ4n) is 3.08. The highest BCUT2D eigenvalue weighted by Crippen LogP contribution is 2.32. The molecule has 0 amide bonds. The quantitative estimate of drug-likeness (QED) is 0.725. The van der Waals surface area contributed by atoms with E-state index in [1.54, 1.807) is 0 Å². The minimum absolute atomic E-state index is 0.275. The lowest BCUT2D eigenvalue weighted by Gasteiger charge is -2.16. The third-order valence-corrected chi connectivity index (χ3v) is 5.62. The Morgan fingerprint density at radius 3 is 2.65 bits per heavy atom. The highest BCUT2D eigenvalue weighted by molar-refractivity contribution is 7.17. The van der Waals surface area contributed by atoms with Crippen LogP contribution in [0.3, 0.4) is 0 Å². The van der Waals surface area contributed by atoms with Gasteiger partial charge in [0.25, 0.3) is 5.56 Å². The van der Waals surface area contributed by atoms with E-state index in [0.29, 0.717) is 22.5 Å². The largest absolute Gasteiger partial charge is 0.480 e. The first-order chi connectivity index (χ1) is 12.3. The van der Waals surface area contributed by atoms with Crippen molar-refractivity contribution in [1.29, 1.82) is 0 Å². The van der Waals surface area contributed by atoms with E-state index in [1.807, 2.05) is 38.3 Å². The molecule has 2 aromatic heterocycles. The van der Waals surface area contributed by atoms with Crippen molar-refractivity contribution in [3.8, 4) is 11.1 Å². The second kappa shape index (κ2) is 7.03. The van der Waals surface area contributed by atoms with Gasteiger partial charge < -0.3 is 5.11 Å². The maximum atomic E-state index is 13.2. The van der Waals surface area contributed by atoms with Crippen LogP contribution in [0.1, 0.15) is 43.3 Å². The molecule has 0 aliphatic heterocycles. The molecule has 0 fully saturated rings. The summed E-state index contributed by atoms with van der Waals surface area (Å²) in [6, 6.07) is 5.13. The second-order valence-corrected chi connectivity index (χ2v) is 7.45. The molecule has 0 aliphatic rings. The fourth-order valence-corrected chi connectivity index (χ4v) is 4.03. The van der Waals surface area contributed by atoms with Crippen molar-refractivity contribution >= 4 is 27.5 Å². The standard InChI is InChI=1S/C20H22N2O3S/c1-5-6-16-21-18-17(19(23)22(16)13(4)20(24)25)15(10-26-18)14-8-7-11(2)12(3)9-14/h7-10,13H,5-6H2,1-4H3,(H,24,25). The number of aromatic nitrogens is 2. The Morgan fingerprint density at radius 2 is 2.04 bits per heavy atom. The molecule has 26 heavy (non-hydrogen) atoms. The van der Waals surface area contributed by atoms with Crippen LogP contribution in [0.4, 0.5) is 0 Å². The number of hydrogen-bond acceptors (Lipinski definition) is 4. The zero-order valence-corrected chi connectivity index (χ0v) is 16.2. The van der Waals surface area contributed by atoms with E-state index in [1.165, 1.54) is 28.4 Å². The molecule has 0 radical (unpaired) electrons. The summed E-state index contributed by atoms with van der Waals surface area (Å²) in [5.41, 5.74) is 3.84. The van der Waals surface area contributed by atoms with E-state index in [0.717, 1.165) is 23.1 Å². The summed E-state index contributed by atoms with van der Waals surface area (Å²) in [5.74, 6) is -0.498. The molecule has 136 valence electrons. The molecule has 0 aliphatic carbocycles. The summed E-state index contributed by atoms with van der Waals surface area (Å²) in [7, 11) is 0. The van der Waals surface area contributed by atoms with Crippen molar-refractivity contribution in [2.24, 2.45) is 0 Å². The van der Waals surface area contributed by atoms with Crippen molar-refractivity contribution in [3.63, 3.8) is 0 Å². The van der Waals surface area contributed by atoms with E-state index in [9.17, 15) is 14.7 Å². The number of aliphatic carboxylic acids is 1. The van der Waals surface area contributed by atoms with Gasteiger partial charge in [0.15, 0.2) is 0 Å². The molecule has 5 nitrogen and oxygen atoms in total. The summed E-state index contributed by atoms with van der Waals surface area (Å²) in [6.45, 7) is 7.60. The fraction of sp³-hybridized carbons (Fsp3) is 0.350. The summed E-state index contributed by atoms with van der Waals surface area (Å²) in [4.78, 5) is 30.1. The Labute approximate surface area is 155 Å². The van der Waals surface area contributed by atoms with Crippen LogP contribution in [0.2, 0.25) is 0 Å². The van der Waals surface area contributed by atoms with Crippen LogP contribution < -0.4 is 5.56 Å². The molecule has 1 atom stereocenters. The van der Waals surface area contributed by atoms with Crippen molar-refractivity contribution < 1.29 is 9.90 Å². The molecule has 3 aromatic rings. The number of fused-ring (bicyclic) bond motifs is 1. The minimum Gasteiger partial charge on any atom is -0.480 e. The van der Waals surface area contributed by atoms with Crippen LogP contribution in [0, 0.1) is 13.8 Å². The summed E-state index contributed by atoms with van der Waals surface area (Å²) in [6.07, 6.45) is 1.36. The molecular formula is C20H22N2O3S. The number of carbonyl (C=O) groups is 1. The van der Waals surface area contributed by atoms with E-state index >= 15 is 0 Å². The normalized spacial score (nSPS) is 12.5. The average Bonchev–Trinajstić information content (AvgIpc) is 3.01. The topological polar surface area (TPSA) is 72.2 Å². The van der Waals surface area contributed by atoms with Gasteiger partial charge in [0.1, 0.15) is 16.7 Å². The van der Waals surface area contributed by atoms with Gasteiger partial charge in [-0.05, 0) is 43.9 Å². The zero-order chi connectivity index (χ0) is 19.0. The molecule has 0 bridgehead atoms. The summed E-state index contributed by atoms with van der Waals surface area (Å²) >= 11 is 1.43. The first-order valence-electron chi connectivity index (χ1n) is 8.68. The van der Waals surface area contributed by atoms with Crippen LogP contribution >= 0.6 is 11.3 Å². The van der Waals surface area contributed by atoms with Crippen molar-refractivity contribution in [1.82, 2.24) is 9.55 Å². The minimum atomic E-state index is -1.03. The van der Waals surface area contributed by atoms with Gasteiger partial charge in [0.05, 0.1) is 5.39 Å². The molecule has 0 saturated carbocycles. The van der Waals surface area contributed by atoms with Crippen molar-refractivity contribution in [3.05, 3.63) is 50.9 Å². The molecule has 6 heteroatoms. The highest BCUT2D eigenvalue weighted by atomic mass is 32.1. The van der Waals surface area contributed by atoms with E-state index in [-0.39, 0.29) is 5.56 Å².